The van der Waals surface area contributed by atoms with E-state index in [0.717, 1.165) is 0 Å². The van der Waals surface area contributed by atoms with Gasteiger partial charge in [-0.3, -0.25) is 0 Å². The first-order chi connectivity index (χ1) is 9.36. The van der Waals surface area contributed by atoms with E-state index in [1.807, 2.05) is 0 Å². The van der Waals surface area contributed by atoms with Gasteiger partial charge < -0.3 is 14.6 Å². The Morgan fingerprint density at radius 1 is 1.10 bits per heavy atom. The molecule has 0 spiro atoms. The summed E-state index contributed by atoms with van der Waals surface area (Å²) in [6, 6.07) is 0. The van der Waals surface area contributed by atoms with Crippen molar-refractivity contribution in [3.63, 3.8) is 0 Å². The quantitative estimate of drug-likeness (QED) is 0.464. The summed E-state index contributed by atoms with van der Waals surface area (Å²) in [5, 5.41) is 10.9. The second-order valence-corrected chi connectivity index (χ2v) is 6.20. The SMILES string of the molecule is C=C(C)C(=O)OC(CC)C(O)(OC(=O)C(=C)C)C(C)(C)C. The topological polar surface area (TPSA) is 72.8 Å². The molecule has 0 bridgehead atoms. The summed E-state index contributed by atoms with van der Waals surface area (Å²) in [5.41, 5.74) is -0.511. The van der Waals surface area contributed by atoms with Gasteiger partial charge in [0.1, 0.15) is 0 Å². The smallest absolute Gasteiger partial charge is 0.335 e. The monoisotopic (exact) mass is 298 g/mol. The van der Waals surface area contributed by atoms with Gasteiger partial charge in [0.05, 0.1) is 0 Å². The van der Waals surface area contributed by atoms with Crippen LogP contribution in [0.1, 0.15) is 48.0 Å². The van der Waals surface area contributed by atoms with E-state index in [1.165, 1.54) is 13.8 Å². The van der Waals surface area contributed by atoms with Gasteiger partial charge in [0.2, 0.25) is 0 Å². The van der Waals surface area contributed by atoms with E-state index in [1.54, 1.807) is 27.7 Å². The van der Waals surface area contributed by atoms with Crippen LogP contribution in [0.15, 0.2) is 24.3 Å². The minimum absolute atomic E-state index is 0.152. The fourth-order valence-electron chi connectivity index (χ4n) is 1.60. The minimum Gasteiger partial charge on any atom is -0.452 e. The van der Waals surface area contributed by atoms with Crippen LogP contribution in [0.3, 0.4) is 0 Å². The molecule has 0 saturated carbocycles. The van der Waals surface area contributed by atoms with Crippen LogP contribution in [-0.2, 0) is 19.1 Å². The predicted octanol–water partition coefficient (Wildman–Crippen LogP) is 2.74. The van der Waals surface area contributed by atoms with Crippen molar-refractivity contribution in [2.75, 3.05) is 0 Å². The molecule has 0 aromatic rings. The summed E-state index contributed by atoms with van der Waals surface area (Å²) in [7, 11) is 0. The molecule has 2 atom stereocenters. The molecule has 21 heavy (non-hydrogen) atoms. The van der Waals surface area contributed by atoms with Crippen LogP contribution in [0.25, 0.3) is 0 Å². The van der Waals surface area contributed by atoms with Gasteiger partial charge in [-0.15, -0.1) is 0 Å². The number of esters is 2. The van der Waals surface area contributed by atoms with E-state index in [2.05, 4.69) is 13.2 Å². The van der Waals surface area contributed by atoms with Gasteiger partial charge in [-0.1, -0.05) is 40.9 Å². The molecule has 0 heterocycles. The first-order valence-electron chi connectivity index (χ1n) is 6.84. The lowest BCUT2D eigenvalue weighted by Gasteiger charge is -2.43. The van der Waals surface area contributed by atoms with Crippen LogP contribution in [-0.4, -0.2) is 28.9 Å². The van der Waals surface area contributed by atoms with Crippen molar-refractivity contribution in [3.8, 4) is 0 Å². The first-order valence-corrected chi connectivity index (χ1v) is 6.84. The van der Waals surface area contributed by atoms with Gasteiger partial charge in [0.15, 0.2) is 6.10 Å². The van der Waals surface area contributed by atoms with Crippen molar-refractivity contribution in [1.29, 1.82) is 0 Å². The van der Waals surface area contributed by atoms with E-state index in [-0.39, 0.29) is 17.6 Å². The molecule has 0 rings (SSSR count). The molecule has 0 aliphatic carbocycles. The van der Waals surface area contributed by atoms with Crippen LogP contribution in [0, 0.1) is 5.41 Å². The maximum Gasteiger partial charge on any atom is 0.335 e. The highest BCUT2D eigenvalue weighted by molar-refractivity contribution is 5.88. The summed E-state index contributed by atoms with van der Waals surface area (Å²) in [6.45, 7) is 16.8. The molecule has 0 fully saturated rings. The first kappa shape index (κ1) is 19.4. The average molecular weight is 298 g/mol. The fraction of sp³-hybridized carbons (Fsp3) is 0.625. The molecule has 5 heteroatoms. The van der Waals surface area contributed by atoms with Crippen molar-refractivity contribution in [2.24, 2.45) is 5.41 Å². The third kappa shape index (κ3) is 4.70. The van der Waals surface area contributed by atoms with Gasteiger partial charge in [-0.05, 0) is 20.3 Å². The Kier molecular flexibility index (Phi) is 6.36. The van der Waals surface area contributed by atoms with Gasteiger partial charge in [0, 0.05) is 16.6 Å². The highest BCUT2D eigenvalue weighted by Gasteiger charge is 2.52. The average Bonchev–Trinajstić information content (AvgIpc) is 2.33. The lowest BCUT2D eigenvalue weighted by Crippen LogP contribution is -2.57. The number of ether oxygens (including phenoxy) is 2. The van der Waals surface area contributed by atoms with Crippen LogP contribution >= 0.6 is 0 Å². The highest BCUT2D eigenvalue weighted by atomic mass is 16.7. The van der Waals surface area contributed by atoms with Gasteiger partial charge in [-0.2, -0.15) is 0 Å². The largest absolute Gasteiger partial charge is 0.452 e. The van der Waals surface area contributed by atoms with Gasteiger partial charge in [-0.25, -0.2) is 9.59 Å². The molecular formula is C16H26O5. The standard InChI is InChI=1S/C16H26O5/c1-9-12(20-13(17)10(2)3)16(19,15(6,7)8)21-14(18)11(4)5/h12,19H,2,4,9H2,1,3,5-8H3. The normalized spacial score (nSPS) is 15.6. The zero-order valence-corrected chi connectivity index (χ0v) is 13.8. The Hall–Kier alpha value is -1.62. The lowest BCUT2D eigenvalue weighted by molar-refractivity contribution is -0.292. The number of hydrogen-bond donors (Lipinski definition) is 1. The minimum atomic E-state index is -1.97. The highest BCUT2D eigenvalue weighted by Crippen LogP contribution is 2.38. The molecule has 0 amide bonds. The molecule has 0 saturated heterocycles. The number of carbonyl (C=O) groups excluding carboxylic acids is 2. The predicted molar refractivity (Wildman–Crippen MR) is 80.3 cm³/mol. The van der Waals surface area contributed by atoms with E-state index in [4.69, 9.17) is 9.47 Å². The van der Waals surface area contributed by atoms with Crippen molar-refractivity contribution in [2.45, 2.75) is 59.9 Å². The van der Waals surface area contributed by atoms with Crippen molar-refractivity contribution < 1.29 is 24.2 Å². The third-order valence-electron chi connectivity index (χ3n) is 3.08. The number of carbonyl (C=O) groups is 2. The van der Waals surface area contributed by atoms with Crippen LogP contribution < -0.4 is 0 Å². The Morgan fingerprint density at radius 3 is 1.81 bits per heavy atom. The number of hydrogen-bond acceptors (Lipinski definition) is 5. The number of aliphatic hydroxyl groups is 1. The zero-order valence-electron chi connectivity index (χ0n) is 13.8. The molecule has 0 aliphatic heterocycles. The zero-order chi connectivity index (χ0) is 17.0. The molecule has 0 aliphatic rings. The molecular weight excluding hydrogens is 272 g/mol. The Labute approximate surface area is 126 Å². The summed E-state index contributed by atoms with van der Waals surface area (Å²) >= 11 is 0. The molecule has 5 nitrogen and oxygen atoms in total. The Morgan fingerprint density at radius 2 is 1.52 bits per heavy atom. The van der Waals surface area contributed by atoms with Gasteiger partial charge >= 0.3 is 11.9 Å². The van der Waals surface area contributed by atoms with Crippen LogP contribution in [0.4, 0.5) is 0 Å². The second kappa shape index (κ2) is 6.89. The molecule has 120 valence electrons. The van der Waals surface area contributed by atoms with E-state index in [9.17, 15) is 14.7 Å². The summed E-state index contributed by atoms with van der Waals surface area (Å²) < 4.78 is 10.4. The Balaban J connectivity index is 5.55. The van der Waals surface area contributed by atoms with E-state index >= 15 is 0 Å². The maximum absolute atomic E-state index is 11.8. The summed E-state index contributed by atoms with van der Waals surface area (Å²) in [6.07, 6.45) is -0.735. The molecule has 0 radical (unpaired) electrons. The van der Waals surface area contributed by atoms with Crippen molar-refractivity contribution in [1.82, 2.24) is 0 Å². The molecule has 2 unspecified atom stereocenters. The molecule has 0 aromatic heterocycles. The van der Waals surface area contributed by atoms with Crippen molar-refractivity contribution in [3.05, 3.63) is 24.3 Å². The molecule has 0 aromatic carbocycles. The third-order valence-corrected chi connectivity index (χ3v) is 3.08. The van der Waals surface area contributed by atoms with Crippen LogP contribution in [0.5, 0.6) is 0 Å². The maximum atomic E-state index is 11.8. The molecule has 1 N–H and O–H groups in total. The number of rotatable bonds is 6. The second-order valence-electron chi connectivity index (χ2n) is 6.20. The summed E-state index contributed by atoms with van der Waals surface area (Å²) in [5.74, 6) is -3.35. The van der Waals surface area contributed by atoms with Crippen molar-refractivity contribution >= 4 is 11.9 Å². The van der Waals surface area contributed by atoms with Gasteiger partial charge in [0.25, 0.3) is 5.79 Å². The summed E-state index contributed by atoms with van der Waals surface area (Å²) in [4.78, 5) is 23.5. The van der Waals surface area contributed by atoms with Crippen LogP contribution in [0.2, 0.25) is 0 Å². The Bertz CT molecular complexity index is 444. The van der Waals surface area contributed by atoms with E-state index in [0.29, 0.717) is 0 Å². The van der Waals surface area contributed by atoms with E-state index < -0.39 is 29.2 Å². The fourth-order valence-corrected chi connectivity index (χ4v) is 1.60. The lowest BCUT2D eigenvalue weighted by atomic mass is 9.80.